The van der Waals surface area contributed by atoms with Crippen molar-refractivity contribution in [1.82, 2.24) is 4.90 Å². The fourth-order valence-electron chi connectivity index (χ4n) is 4.55. The minimum absolute atomic E-state index is 0. The van der Waals surface area contributed by atoms with Crippen LogP contribution >= 0.6 is 24.0 Å². The van der Waals surface area contributed by atoms with Gasteiger partial charge in [-0.3, -0.25) is 4.90 Å². The van der Waals surface area contributed by atoms with E-state index in [1.165, 1.54) is 5.56 Å². The Kier molecular flexibility index (Phi) is 6.83. The van der Waals surface area contributed by atoms with Gasteiger partial charge in [0.25, 0.3) is 0 Å². The molecule has 0 N–H and O–H groups in total. The van der Waals surface area contributed by atoms with Gasteiger partial charge in [-0.1, -0.05) is 54.1 Å². The second-order valence-electron chi connectivity index (χ2n) is 7.47. The minimum atomic E-state index is -0.0673. The van der Waals surface area contributed by atoms with Crippen LogP contribution in [0.1, 0.15) is 36.5 Å². The lowest BCUT2D eigenvalue weighted by atomic mass is 9.97. The molecule has 3 unspecified atom stereocenters. The molecule has 2 aliphatic rings. The SMILES string of the molecule is CO[C@@H]1CC2C[C@H](OC(c3ccccc3)c3ccc(Cl)cc3)CC1N2C.Cl. The van der Waals surface area contributed by atoms with E-state index in [0.29, 0.717) is 18.2 Å². The molecule has 0 aliphatic carbocycles. The maximum absolute atomic E-state index is 6.70. The van der Waals surface area contributed by atoms with Crippen molar-refractivity contribution in [3.63, 3.8) is 0 Å². The molecule has 3 nitrogen and oxygen atoms in total. The van der Waals surface area contributed by atoms with Crippen LogP contribution in [-0.4, -0.2) is 43.3 Å². The lowest BCUT2D eigenvalue weighted by Crippen LogP contribution is -2.45. The molecule has 2 fully saturated rings. The molecule has 5 atom stereocenters. The minimum Gasteiger partial charge on any atom is -0.380 e. The normalized spacial score (nSPS) is 28.6. The highest BCUT2D eigenvalue weighted by Gasteiger charge is 2.46. The van der Waals surface area contributed by atoms with Crippen molar-refractivity contribution < 1.29 is 9.47 Å². The van der Waals surface area contributed by atoms with Crippen LogP contribution in [0.2, 0.25) is 5.02 Å². The number of halogens is 2. The Morgan fingerprint density at radius 3 is 2.30 bits per heavy atom. The molecule has 5 heteroatoms. The molecular formula is C22H27Cl2NO2. The number of fused-ring (bicyclic) bond motifs is 2. The zero-order chi connectivity index (χ0) is 18.1. The average Bonchev–Trinajstić information content (AvgIpc) is 2.85. The number of methoxy groups -OCH3 is 1. The number of nitrogens with zero attached hydrogens (tertiary/aromatic N) is 1. The van der Waals surface area contributed by atoms with Crippen LogP contribution in [0.3, 0.4) is 0 Å². The van der Waals surface area contributed by atoms with E-state index in [1.807, 2.05) is 25.3 Å². The predicted molar refractivity (Wildman–Crippen MR) is 112 cm³/mol. The second kappa shape index (κ2) is 8.93. The molecule has 2 saturated heterocycles. The number of rotatable bonds is 5. The number of piperidine rings is 1. The predicted octanol–water partition coefficient (Wildman–Crippen LogP) is 5.12. The molecule has 0 saturated carbocycles. The smallest absolute Gasteiger partial charge is 0.108 e. The number of ether oxygens (including phenoxy) is 2. The van der Waals surface area contributed by atoms with E-state index in [-0.39, 0.29) is 24.6 Å². The van der Waals surface area contributed by atoms with E-state index in [2.05, 4.69) is 48.3 Å². The molecule has 0 aromatic heterocycles. The van der Waals surface area contributed by atoms with Gasteiger partial charge in [-0.25, -0.2) is 0 Å². The van der Waals surface area contributed by atoms with Crippen molar-refractivity contribution in [2.45, 2.75) is 49.7 Å². The van der Waals surface area contributed by atoms with Crippen molar-refractivity contribution in [1.29, 1.82) is 0 Å². The fourth-order valence-corrected chi connectivity index (χ4v) is 4.67. The average molecular weight is 408 g/mol. The van der Waals surface area contributed by atoms with Gasteiger partial charge in [-0.15, -0.1) is 12.4 Å². The standard InChI is InChI=1S/C22H26ClNO2.ClH/c1-24-18-12-19(14-20(24)21(13-18)25-2)26-22(15-6-4-3-5-7-15)16-8-10-17(23)11-9-16;/h3-11,18-22H,12-14H2,1-2H3;1H/t18?,19-,20?,21+,22?;/m0./s1. The first-order valence-corrected chi connectivity index (χ1v) is 9.74. The molecule has 2 aliphatic heterocycles. The highest BCUT2D eigenvalue weighted by molar-refractivity contribution is 6.30. The second-order valence-corrected chi connectivity index (χ2v) is 7.90. The van der Waals surface area contributed by atoms with Crippen molar-refractivity contribution in [3.8, 4) is 0 Å². The largest absolute Gasteiger partial charge is 0.380 e. The Bertz CT molecular complexity index is 725. The third-order valence-corrected chi connectivity index (χ3v) is 6.23. The van der Waals surface area contributed by atoms with Gasteiger partial charge >= 0.3 is 0 Å². The number of likely N-dealkylation sites (N-methyl/N-ethyl adjacent to an activating group) is 1. The zero-order valence-electron chi connectivity index (χ0n) is 15.8. The molecule has 0 amide bonds. The summed E-state index contributed by atoms with van der Waals surface area (Å²) in [6.45, 7) is 0. The molecule has 2 bridgehead atoms. The number of hydrogen-bond donors (Lipinski definition) is 0. The lowest BCUT2D eigenvalue weighted by Gasteiger charge is -2.38. The molecule has 0 radical (unpaired) electrons. The van der Waals surface area contributed by atoms with Crippen LogP contribution in [0.25, 0.3) is 0 Å². The van der Waals surface area contributed by atoms with E-state index in [9.17, 15) is 0 Å². The summed E-state index contributed by atoms with van der Waals surface area (Å²) in [7, 11) is 4.05. The third kappa shape index (κ3) is 4.33. The number of hydrogen-bond acceptors (Lipinski definition) is 3. The summed E-state index contributed by atoms with van der Waals surface area (Å²) in [5, 5.41) is 0.751. The Hall–Kier alpha value is -1.10. The topological polar surface area (TPSA) is 21.7 Å². The summed E-state index contributed by atoms with van der Waals surface area (Å²) in [5.74, 6) is 0. The van der Waals surface area contributed by atoms with Gasteiger partial charge in [0.2, 0.25) is 0 Å². The van der Waals surface area contributed by atoms with E-state index >= 15 is 0 Å². The summed E-state index contributed by atoms with van der Waals surface area (Å²) in [6, 6.07) is 19.5. The molecular weight excluding hydrogens is 381 g/mol. The van der Waals surface area contributed by atoms with Crippen LogP contribution < -0.4 is 0 Å². The van der Waals surface area contributed by atoms with Crippen molar-refractivity contribution in [2.24, 2.45) is 0 Å². The highest BCUT2D eigenvalue weighted by Crippen LogP contribution is 2.40. The molecule has 2 aromatic carbocycles. The van der Waals surface area contributed by atoms with Gasteiger partial charge in [-0.2, -0.15) is 0 Å². The summed E-state index contributed by atoms with van der Waals surface area (Å²) in [4.78, 5) is 2.48. The maximum Gasteiger partial charge on any atom is 0.108 e. The molecule has 4 rings (SSSR count). The summed E-state index contributed by atoms with van der Waals surface area (Å²) >= 11 is 6.09. The van der Waals surface area contributed by atoms with Gasteiger partial charge in [-0.05, 0) is 49.6 Å². The molecule has 27 heavy (non-hydrogen) atoms. The first-order valence-electron chi connectivity index (χ1n) is 9.36. The number of benzene rings is 2. The molecule has 2 heterocycles. The Labute approximate surface area is 173 Å². The van der Waals surface area contributed by atoms with Crippen molar-refractivity contribution in [3.05, 3.63) is 70.7 Å². The van der Waals surface area contributed by atoms with Gasteiger partial charge in [0.15, 0.2) is 0 Å². The Morgan fingerprint density at radius 2 is 1.63 bits per heavy atom. The summed E-state index contributed by atoms with van der Waals surface area (Å²) < 4.78 is 12.4. The summed E-state index contributed by atoms with van der Waals surface area (Å²) in [6.07, 6.45) is 3.68. The lowest BCUT2D eigenvalue weighted by molar-refractivity contribution is -0.0523. The third-order valence-electron chi connectivity index (χ3n) is 5.98. The van der Waals surface area contributed by atoms with Crippen LogP contribution in [0.15, 0.2) is 54.6 Å². The van der Waals surface area contributed by atoms with Crippen LogP contribution in [-0.2, 0) is 9.47 Å². The van der Waals surface area contributed by atoms with Crippen LogP contribution in [0.5, 0.6) is 0 Å². The van der Waals surface area contributed by atoms with Gasteiger partial charge < -0.3 is 9.47 Å². The van der Waals surface area contributed by atoms with Crippen LogP contribution in [0, 0.1) is 0 Å². The highest BCUT2D eigenvalue weighted by atomic mass is 35.5. The van der Waals surface area contributed by atoms with Crippen molar-refractivity contribution >= 4 is 24.0 Å². The zero-order valence-corrected chi connectivity index (χ0v) is 17.3. The Morgan fingerprint density at radius 1 is 0.963 bits per heavy atom. The molecule has 146 valence electrons. The van der Waals surface area contributed by atoms with Gasteiger partial charge in [0.1, 0.15) is 6.10 Å². The first-order chi connectivity index (χ1) is 12.7. The van der Waals surface area contributed by atoms with E-state index < -0.39 is 0 Å². The Balaban J connectivity index is 0.00000210. The van der Waals surface area contributed by atoms with E-state index in [1.54, 1.807) is 0 Å². The molecule has 0 spiro atoms. The van der Waals surface area contributed by atoms with Gasteiger partial charge in [0, 0.05) is 24.2 Å². The fraction of sp³-hybridized carbons (Fsp3) is 0.455. The van der Waals surface area contributed by atoms with Gasteiger partial charge in [0.05, 0.1) is 12.2 Å². The van der Waals surface area contributed by atoms with Crippen LogP contribution in [0.4, 0.5) is 0 Å². The van der Waals surface area contributed by atoms with Crippen molar-refractivity contribution in [2.75, 3.05) is 14.2 Å². The van der Waals surface area contributed by atoms with E-state index in [4.69, 9.17) is 21.1 Å². The summed E-state index contributed by atoms with van der Waals surface area (Å²) in [5.41, 5.74) is 2.33. The monoisotopic (exact) mass is 407 g/mol. The maximum atomic E-state index is 6.70. The molecule has 2 aromatic rings. The first kappa shape index (κ1) is 20.6. The quantitative estimate of drug-likeness (QED) is 0.686. The van der Waals surface area contributed by atoms with E-state index in [0.717, 1.165) is 29.8 Å².